The molecule has 0 radical (unpaired) electrons. The van der Waals surface area contributed by atoms with Crippen LogP contribution in [0.5, 0.6) is 0 Å². The molecule has 3 aliphatic rings. The van der Waals surface area contributed by atoms with E-state index in [1.54, 1.807) is 24.0 Å². The Kier molecular flexibility index (Phi) is 10.9. The monoisotopic (exact) mass is 623 g/mol. The second-order valence-corrected chi connectivity index (χ2v) is 12.8. The molecule has 0 aromatic heterocycles. The zero-order chi connectivity index (χ0) is 33.1. The number of esters is 1. The number of rotatable bonds is 15. The van der Waals surface area contributed by atoms with Crippen molar-refractivity contribution in [1.29, 1.82) is 0 Å². The van der Waals surface area contributed by atoms with Crippen molar-refractivity contribution in [3.05, 3.63) is 54.6 Å². The smallest absolute Gasteiger partial charge is 0.312 e. The molecular weight excluding hydrogens is 574 g/mol. The maximum atomic E-state index is 14.9. The number of carbonyl (C=O) groups is 4. The summed E-state index contributed by atoms with van der Waals surface area (Å²) in [6.45, 7) is 17.0. The molecule has 2 N–H and O–H groups in total. The van der Waals surface area contributed by atoms with Gasteiger partial charge in [-0.3, -0.25) is 19.2 Å². The van der Waals surface area contributed by atoms with Crippen LogP contribution in [0.1, 0.15) is 64.0 Å². The van der Waals surface area contributed by atoms with E-state index in [0.29, 0.717) is 37.8 Å². The van der Waals surface area contributed by atoms with Gasteiger partial charge in [-0.25, -0.2) is 0 Å². The summed E-state index contributed by atoms with van der Waals surface area (Å²) in [7, 11) is 0. The topological polar surface area (TPSA) is 125 Å². The van der Waals surface area contributed by atoms with E-state index in [4.69, 9.17) is 9.47 Å². The SMILES string of the molecule is C=CCCC(=O)NC[C@H](C)OC(=O)[C@@H]1[C@H]2C(=O)N([C@@H](CO)[C@@H](C)CC)[C@H](C(=O)N(CC=C)c3cc(C)ccc3C)[C@]23CC[C@H]1O3. The minimum Gasteiger partial charge on any atom is -0.460 e. The van der Waals surface area contributed by atoms with Crippen molar-refractivity contribution in [3.8, 4) is 0 Å². The second-order valence-electron chi connectivity index (χ2n) is 12.8. The van der Waals surface area contributed by atoms with Gasteiger partial charge in [0.15, 0.2) is 0 Å². The van der Waals surface area contributed by atoms with E-state index in [2.05, 4.69) is 18.5 Å². The van der Waals surface area contributed by atoms with Crippen LogP contribution in [-0.2, 0) is 28.7 Å². The lowest BCUT2D eigenvalue weighted by atomic mass is 9.70. The molecule has 10 nitrogen and oxygen atoms in total. The molecule has 3 saturated heterocycles. The van der Waals surface area contributed by atoms with Gasteiger partial charge < -0.3 is 29.7 Å². The van der Waals surface area contributed by atoms with Crippen LogP contribution >= 0.6 is 0 Å². The number of benzene rings is 1. The molecule has 3 amide bonds. The van der Waals surface area contributed by atoms with Crippen LogP contribution < -0.4 is 10.2 Å². The highest BCUT2D eigenvalue weighted by molar-refractivity contribution is 6.05. The lowest BCUT2D eigenvalue weighted by Gasteiger charge is -2.41. The van der Waals surface area contributed by atoms with Crippen molar-refractivity contribution < 1.29 is 33.8 Å². The van der Waals surface area contributed by atoms with Gasteiger partial charge in [-0.1, -0.05) is 44.6 Å². The molecular formula is C35H49N3O7. The third-order valence-corrected chi connectivity index (χ3v) is 9.80. The Labute approximate surface area is 266 Å². The highest BCUT2D eigenvalue weighted by Gasteiger charge is 2.76. The number of carbonyl (C=O) groups excluding carboxylic acids is 4. The molecule has 4 rings (SSSR count). The van der Waals surface area contributed by atoms with E-state index in [1.807, 2.05) is 45.9 Å². The molecule has 0 unspecified atom stereocenters. The Morgan fingerprint density at radius 3 is 2.62 bits per heavy atom. The van der Waals surface area contributed by atoms with E-state index >= 15 is 0 Å². The van der Waals surface area contributed by atoms with E-state index in [-0.39, 0.29) is 43.3 Å². The number of nitrogens with zero attached hydrogens (tertiary/aromatic N) is 2. The summed E-state index contributed by atoms with van der Waals surface area (Å²) in [5.74, 6) is -3.42. The first-order valence-corrected chi connectivity index (χ1v) is 16.1. The summed E-state index contributed by atoms with van der Waals surface area (Å²) < 4.78 is 12.4. The van der Waals surface area contributed by atoms with Crippen LogP contribution in [0.4, 0.5) is 5.69 Å². The summed E-state index contributed by atoms with van der Waals surface area (Å²) in [4.78, 5) is 58.4. The minimum absolute atomic E-state index is 0.120. The van der Waals surface area contributed by atoms with E-state index < -0.39 is 47.7 Å². The molecule has 8 atom stereocenters. The number of aryl methyl sites for hydroxylation is 2. The van der Waals surface area contributed by atoms with E-state index in [0.717, 1.165) is 11.1 Å². The molecule has 0 aliphatic carbocycles. The fraction of sp³-hybridized carbons (Fsp3) is 0.600. The zero-order valence-electron chi connectivity index (χ0n) is 27.3. The van der Waals surface area contributed by atoms with Crippen molar-refractivity contribution in [2.45, 2.75) is 96.6 Å². The highest BCUT2D eigenvalue weighted by Crippen LogP contribution is 2.59. The molecule has 0 saturated carbocycles. The number of hydrogen-bond donors (Lipinski definition) is 2. The number of hydrogen-bond acceptors (Lipinski definition) is 7. The Bertz CT molecular complexity index is 1310. The Morgan fingerprint density at radius 1 is 1.24 bits per heavy atom. The molecule has 1 aromatic carbocycles. The first-order chi connectivity index (χ1) is 21.4. The largest absolute Gasteiger partial charge is 0.460 e. The number of nitrogens with one attached hydrogen (secondary N) is 1. The molecule has 3 fully saturated rings. The van der Waals surface area contributed by atoms with Crippen molar-refractivity contribution in [2.24, 2.45) is 17.8 Å². The molecule has 3 heterocycles. The number of aliphatic hydroxyl groups excluding tert-OH is 1. The lowest BCUT2D eigenvalue weighted by Crippen LogP contribution is -2.60. The third kappa shape index (κ3) is 6.45. The predicted molar refractivity (Wildman–Crippen MR) is 171 cm³/mol. The van der Waals surface area contributed by atoms with Crippen LogP contribution in [0.15, 0.2) is 43.5 Å². The van der Waals surface area contributed by atoms with Gasteiger partial charge >= 0.3 is 5.97 Å². The van der Waals surface area contributed by atoms with Gasteiger partial charge in [0.25, 0.3) is 5.91 Å². The van der Waals surface area contributed by atoms with Crippen LogP contribution in [0.3, 0.4) is 0 Å². The Morgan fingerprint density at radius 2 is 1.98 bits per heavy atom. The summed E-state index contributed by atoms with van der Waals surface area (Å²) in [6.07, 6.45) is 4.52. The molecule has 2 bridgehead atoms. The van der Waals surface area contributed by atoms with E-state index in [9.17, 15) is 24.3 Å². The summed E-state index contributed by atoms with van der Waals surface area (Å²) in [5.41, 5.74) is 1.34. The van der Waals surface area contributed by atoms with Crippen LogP contribution in [0, 0.1) is 31.6 Å². The molecule has 246 valence electrons. The molecule has 45 heavy (non-hydrogen) atoms. The van der Waals surface area contributed by atoms with Gasteiger partial charge in [0.2, 0.25) is 11.8 Å². The first kappa shape index (κ1) is 34.4. The van der Waals surface area contributed by atoms with Gasteiger partial charge in [-0.05, 0) is 63.1 Å². The maximum Gasteiger partial charge on any atom is 0.312 e. The molecule has 3 aliphatic heterocycles. The highest BCUT2D eigenvalue weighted by atomic mass is 16.6. The molecule has 1 spiro atoms. The van der Waals surface area contributed by atoms with Crippen molar-refractivity contribution in [3.63, 3.8) is 0 Å². The number of anilines is 1. The summed E-state index contributed by atoms with van der Waals surface area (Å²) in [6, 6.07) is 4.17. The average Bonchev–Trinajstić information content (AvgIpc) is 3.66. The number of allylic oxidation sites excluding steroid dienone is 1. The average molecular weight is 624 g/mol. The summed E-state index contributed by atoms with van der Waals surface area (Å²) >= 11 is 0. The number of aliphatic hydroxyl groups is 1. The van der Waals surface area contributed by atoms with Gasteiger partial charge in [0.1, 0.15) is 17.7 Å². The van der Waals surface area contributed by atoms with Gasteiger partial charge in [-0.2, -0.15) is 0 Å². The second kappa shape index (κ2) is 14.3. The van der Waals surface area contributed by atoms with Crippen LogP contribution in [-0.4, -0.2) is 83.3 Å². The predicted octanol–water partition coefficient (Wildman–Crippen LogP) is 3.62. The lowest BCUT2D eigenvalue weighted by molar-refractivity contribution is -0.160. The standard InChI is InChI=1S/C35H49N3O7/c1-8-11-12-28(40)36-19-24(7)44-34(43)29-27-15-16-35(45-27)30(29)32(41)38(26(20-39)22(5)10-3)31(35)33(42)37(17-9-2)25-18-21(4)13-14-23(25)6/h8-9,13-14,18,22,24,26-27,29-31,39H,1-2,10-12,15-17,19-20H2,3-7H3,(H,36,40)/t22-,24-,26-,27+,29-,30-,31+,35-/m0/s1. The number of ether oxygens (including phenoxy) is 2. The van der Waals surface area contributed by atoms with Crippen LogP contribution in [0.25, 0.3) is 0 Å². The Balaban J connectivity index is 1.70. The third-order valence-electron chi connectivity index (χ3n) is 9.80. The fourth-order valence-electron chi connectivity index (χ4n) is 7.30. The van der Waals surface area contributed by atoms with Gasteiger partial charge in [-0.15, -0.1) is 13.2 Å². The molecule has 10 heteroatoms. The fourth-order valence-corrected chi connectivity index (χ4v) is 7.30. The number of likely N-dealkylation sites (tertiary alicyclic amines) is 1. The number of amides is 3. The summed E-state index contributed by atoms with van der Waals surface area (Å²) in [5, 5.41) is 13.4. The first-order valence-electron chi connectivity index (χ1n) is 16.1. The maximum absolute atomic E-state index is 14.9. The normalized spacial score (nSPS) is 27.0. The van der Waals surface area contributed by atoms with Gasteiger partial charge in [0.05, 0.1) is 37.1 Å². The minimum atomic E-state index is -1.25. The zero-order valence-corrected chi connectivity index (χ0v) is 27.3. The molecule has 1 aromatic rings. The Hall–Kier alpha value is -3.50. The quantitative estimate of drug-likeness (QED) is 0.226. The van der Waals surface area contributed by atoms with E-state index in [1.165, 1.54) is 4.90 Å². The number of fused-ring (bicyclic) bond motifs is 1. The van der Waals surface area contributed by atoms with Gasteiger partial charge in [0, 0.05) is 18.7 Å². The van der Waals surface area contributed by atoms with Crippen molar-refractivity contribution in [1.82, 2.24) is 10.2 Å². The van der Waals surface area contributed by atoms with Crippen molar-refractivity contribution in [2.75, 3.05) is 24.6 Å². The van der Waals surface area contributed by atoms with Crippen LogP contribution in [0.2, 0.25) is 0 Å². The van der Waals surface area contributed by atoms with Crippen molar-refractivity contribution >= 4 is 29.4 Å².